The van der Waals surface area contributed by atoms with Crippen LogP contribution in [0.15, 0.2) is 59.0 Å². The summed E-state index contributed by atoms with van der Waals surface area (Å²) in [7, 11) is 0. The van der Waals surface area contributed by atoms with Crippen molar-refractivity contribution in [3.05, 3.63) is 71.9 Å². The van der Waals surface area contributed by atoms with E-state index in [0.717, 1.165) is 11.3 Å². The van der Waals surface area contributed by atoms with Crippen molar-refractivity contribution in [2.45, 2.75) is 39.2 Å². The Labute approximate surface area is 158 Å². The van der Waals surface area contributed by atoms with Crippen LogP contribution in [-0.4, -0.2) is 22.2 Å². The van der Waals surface area contributed by atoms with Crippen LogP contribution in [0.2, 0.25) is 0 Å². The molecule has 0 radical (unpaired) electrons. The van der Waals surface area contributed by atoms with Gasteiger partial charge < -0.3 is 14.5 Å². The minimum Gasteiger partial charge on any atom is -0.491 e. The van der Waals surface area contributed by atoms with Crippen LogP contribution in [0.25, 0.3) is 0 Å². The van der Waals surface area contributed by atoms with E-state index in [0.29, 0.717) is 17.5 Å². The topological polar surface area (TPSA) is 77.2 Å². The standard InChI is InChI=1S/C21H23N3O3/c1-14(2)26-18-11-9-17(10-12-18)22-20(25)13-19(16-7-5-4-6-8-16)21-24-23-15(3)27-21/h4-12,14,19H,13H2,1-3H3,(H,22,25). The molecular weight excluding hydrogens is 342 g/mol. The minimum absolute atomic E-state index is 0.106. The third-order valence-corrected chi connectivity index (χ3v) is 3.94. The van der Waals surface area contributed by atoms with Gasteiger partial charge in [0.1, 0.15) is 5.75 Å². The van der Waals surface area contributed by atoms with E-state index in [1.54, 1.807) is 6.92 Å². The van der Waals surface area contributed by atoms with Gasteiger partial charge in [-0.25, -0.2) is 0 Å². The maximum Gasteiger partial charge on any atom is 0.225 e. The Kier molecular flexibility index (Phi) is 5.86. The number of hydrogen-bond donors (Lipinski definition) is 1. The van der Waals surface area contributed by atoms with Gasteiger partial charge in [0.15, 0.2) is 0 Å². The van der Waals surface area contributed by atoms with Gasteiger partial charge in [0.2, 0.25) is 17.7 Å². The maximum absolute atomic E-state index is 12.6. The normalized spacial score (nSPS) is 12.0. The van der Waals surface area contributed by atoms with E-state index in [4.69, 9.17) is 9.15 Å². The van der Waals surface area contributed by atoms with Crippen molar-refractivity contribution in [2.75, 3.05) is 5.32 Å². The zero-order valence-electron chi connectivity index (χ0n) is 15.7. The summed E-state index contributed by atoms with van der Waals surface area (Å²) in [5.41, 5.74) is 1.67. The molecule has 1 N–H and O–H groups in total. The summed E-state index contributed by atoms with van der Waals surface area (Å²) in [6.45, 7) is 5.68. The lowest BCUT2D eigenvalue weighted by atomic mass is 9.95. The third kappa shape index (κ3) is 5.17. The molecular formula is C21H23N3O3. The first-order valence-corrected chi connectivity index (χ1v) is 8.93. The van der Waals surface area contributed by atoms with Crippen LogP contribution in [0, 0.1) is 6.92 Å². The summed E-state index contributed by atoms with van der Waals surface area (Å²) in [4.78, 5) is 12.6. The average molecular weight is 365 g/mol. The fraction of sp³-hybridized carbons (Fsp3) is 0.286. The van der Waals surface area contributed by atoms with Crippen LogP contribution < -0.4 is 10.1 Å². The maximum atomic E-state index is 12.6. The van der Waals surface area contributed by atoms with Crippen molar-refractivity contribution in [3.63, 3.8) is 0 Å². The SMILES string of the molecule is Cc1nnc(C(CC(=O)Nc2ccc(OC(C)C)cc2)c2ccccc2)o1. The summed E-state index contributed by atoms with van der Waals surface area (Å²) in [6, 6.07) is 17.0. The first-order valence-electron chi connectivity index (χ1n) is 8.93. The Bertz CT molecular complexity index is 873. The molecule has 0 saturated heterocycles. The lowest BCUT2D eigenvalue weighted by Gasteiger charge is -2.14. The number of nitrogens with zero attached hydrogens (tertiary/aromatic N) is 2. The zero-order valence-corrected chi connectivity index (χ0v) is 15.7. The number of anilines is 1. The number of amides is 1. The fourth-order valence-electron chi connectivity index (χ4n) is 2.77. The van der Waals surface area contributed by atoms with Crippen molar-refractivity contribution in [1.82, 2.24) is 10.2 Å². The van der Waals surface area contributed by atoms with Gasteiger partial charge in [-0.1, -0.05) is 30.3 Å². The molecule has 3 aromatic rings. The van der Waals surface area contributed by atoms with Crippen molar-refractivity contribution < 1.29 is 13.9 Å². The van der Waals surface area contributed by atoms with Gasteiger partial charge in [0.05, 0.1) is 12.0 Å². The van der Waals surface area contributed by atoms with Gasteiger partial charge in [-0.15, -0.1) is 10.2 Å². The number of ether oxygens (including phenoxy) is 1. The van der Waals surface area contributed by atoms with Crippen LogP contribution in [0.5, 0.6) is 5.75 Å². The summed E-state index contributed by atoms with van der Waals surface area (Å²) >= 11 is 0. The van der Waals surface area contributed by atoms with Crippen LogP contribution in [0.3, 0.4) is 0 Å². The molecule has 0 spiro atoms. The number of nitrogens with one attached hydrogen (secondary N) is 1. The number of hydrogen-bond acceptors (Lipinski definition) is 5. The second kappa shape index (κ2) is 8.49. The number of aryl methyl sites for hydroxylation is 1. The van der Waals surface area contributed by atoms with Gasteiger partial charge >= 0.3 is 0 Å². The number of rotatable bonds is 7. The second-order valence-electron chi connectivity index (χ2n) is 6.57. The van der Waals surface area contributed by atoms with E-state index in [1.165, 1.54) is 0 Å². The molecule has 1 aromatic heterocycles. The summed E-state index contributed by atoms with van der Waals surface area (Å²) in [5, 5.41) is 10.9. The van der Waals surface area contributed by atoms with E-state index in [-0.39, 0.29) is 24.3 Å². The molecule has 6 heteroatoms. The monoisotopic (exact) mass is 365 g/mol. The molecule has 1 amide bonds. The van der Waals surface area contributed by atoms with Crippen LogP contribution >= 0.6 is 0 Å². The molecule has 0 bridgehead atoms. The molecule has 6 nitrogen and oxygen atoms in total. The minimum atomic E-state index is -0.295. The van der Waals surface area contributed by atoms with Crippen molar-refractivity contribution in [2.24, 2.45) is 0 Å². The highest BCUT2D eigenvalue weighted by molar-refractivity contribution is 5.91. The smallest absolute Gasteiger partial charge is 0.225 e. The number of aromatic nitrogens is 2. The Hall–Kier alpha value is -3.15. The molecule has 0 fully saturated rings. The van der Waals surface area contributed by atoms with Crippen LogP contribution in [-0.2, 0) is 4.79 Å². The van der Waals surface area contributed by atoms with Gasteiger partial charge in [-0.05, 0) is 43.7 Å². The quantitative estimate of drug-likeness (QED) is 0.674. The highest BCUT2D eigenvalue weighted by atomic mass is 16.5. The predicted molar refractivity (Wildman–Crippen MR) is 103 cm³/mol. The fourth-order valence-corrected chi connectivity index (χ4v) is 2.77. The molecule has 140 valence electrons. The van der Waals surface area contributed by atoms with Crippen LogP contribution in [0.1, 0.15) is 43.5 Å². The van der Waals surface area contributed by atoms with Gasteiger partial charge in [0, 0.05) is 19.0 Å². The first-order chi connectivity index (χ1) is 13.0. The summed E-state index contributed by atoms with van der Waals surface area (Å²) in [6.07, 6.45) is 0.311. The van der Waals surface area contributed by atoms with Gasteiger partial charge in [0.25, 0.3) is 0 Å². The van der Waals surface area contributed by atoms with Gasteiger partial charge in [-0.3, -0.25) is 4.79 Å². The lowest BCUT2D eigenvalue weighted by molar-refractivity contribution is -0.116. The molecule has 1 unspecified atom stereocenters. The Morgan fingerprint density at radius 1 is 1.07 bits per heavy atom. The molecule has 27 heavy (non-hydrogen) atoms. The zero-order chi connectivity index (χ0) is 19.2. The Morgan fingerprint density at radius 3 is 2.37 bits per heavy atom. The van der Waals surface area contributed by atoms with Crippen molar-refractivity contribution in [1.29, 1.82) is 0 Å². The van der Waals surface area contributed by atoms with Crippen molar-refractivity contribution >= 4 is 11.6 Å². The number of carbonyl (C=O) groups excluding carboxylic acids is 1. The first kappa shape index (κ1) is 18.6. The summed E-state index contributed by atoms with van der Waals surface area (Å²) < 4.78 is 11.2. The molecule has 1 atom stereocenters. The van der Waals surface area contributed by atoms with Crippen molar-refractivity contribution in [3.8, 4) is 5.75 Å². The number of benzene rings is 2. The molecule has 0 aliphatic heterocycles. The molecule has 2 aromatic carbocycles. The van der Waals surface area contributed by atoms with Crippen LogP contribution in [0.4, 0.5) is 5.69 Å². The molecule has 3 rings (SSSR count). The van der Waals surface area contributed by atoms with E-state index in [2.05, 4.69) is 15.5 Å². The Morgan fingerprint density at radius 2 is 1.78 bits per heavy atom. The molecule has 1 heterocycles. The predicted octanol–water partition coefficient (Wildman–Crippen LogP) is 4.33. The van der Waals surface area contributed by atoms with E-state index in [9.17, 15) is 4.79 Å². The average Bonchev–Trinajstić information content (AvgIpc) is 3.08. The van der Waals surface area contributed by atoms with E-state index < -0.39 is 0 Å². The van der Waals surface area contributed by atoms with E-state index >= 15 is 0 Å². The number of carbonyl (C=O) groups is 1. The third-order valence-electron chi connectivity index (χ3n) is 3.94. The van der Waals surface area contributed by atoms with Gasteiger partial charge in [-0.2, -0.15) is 0 Å². The highest BCUT2D eigenvalue weighted by Gasteiger charge is 2.23. The molecule has 0 aliphatic rings. The second-order valence-corrected chi connectivity index (χ2v) is 6.57. The molecule has 0 saturated carbocycles. The summed E-state index contributed by atoms with van der Waals surface area (Å²) in [5.74, 6) is 1.27. The highest BCUT2D eigenvalue weighted by Crippen LogP contribution is 2.27. The lowest BCUT2D eigenvalue weighted by Crippen LogP contribution is -2.16. The molecule has 0 aliphatic carbocycles. The van der Waals surface area contributed by atoms with E-state index in [1.807, 2.05) is 68.4 Å². The largest absolute Gasteiger partial charge is 0.491 e. The Balaban J connectivity index is 1.71.